The Morgan fingerprint density at radius 3 is 2.36 bits per heavy atom. The van der Waals surface area contributed by atoms with Crippen LogP contribution in [0.2, 0.25) is 0 Å². The van der Waals surface area contributed by atoms with Crippen LogP contribution >= 0.6 is 0 Å². The summed E-state index contributed by atoms with van der Waals surface area (Å²) in [4.78, 5) is 14.5. The molecule has 8 heteroatoms. The minimum Gasteiger partial charge on any atom is -0.497 e. The van der Waals surface area contributed by atoms with E-state index in [1.807, 2.05) is 48.5 Å². The van der Waals surface area contributed by atoms with Crippen molar-refractivity contribution in [1.82, 2.24) is 9.21 Å². The second kappa shape index (κ2) is 9.64. The van der Waals surface area contributed by atoms with Crippen LogP contribution in [0, 0.1) is 0 Å². The summed E-state index contributed by atoms with van der Waals surface area (Å²) in [5.74, 6) is 0.549. The number of methoxy groups -OCH3 is 2. The van der Waals surface area contributed by atoms with Crippen molar-refractivity contribution in [3.8, 4) is 11.5 Å². The standard InChI is InChI=1S/C25H26N2O5S/c1-31-21-11-12-23(32-2)24(18-21)33(29,30)27-16-14-26(15-17-27)25(28)13-10-20-8-5-7-19-6-3-4-9-22(19)20/h3-13,18H,14-17H2,1-2H3/b13-10+. The number of nitrogens with zero attached hydrogens (tertiary/aromatic N) is 2. The number of carbonyl (C=O) groups excluding carboxylic acids is 1. The maximum atomic E-state index is 13.2. The SMILES string of the molecule is COc1ccc(OC)c(S(=O)(=O)N2CCN(C(=O)/C=C/c3cccc4ccccc34)CC2)c1. The van der Waals surface area contributed by atoms with Crippen molar-refractivity contribution in [2.45, 2.75) is 4.90 Å². The van der Waals surface area contributed by atoms with Crippen molar-refractivity contribution in [3.05, 3.63) is 72.3 Å². The van der Waals surface area contributed by atoms with Gasteiger partial charge in [0.2, 0.25) is 15.9 Å². The molecule has 3 aromatic carbocycles. The van der Waals surface area contributed by atoms with Gasteiger partial charge in [0.05, 0.1) is 14.2 Å². The lowest BCUT2D eigenvalue weighted by atomic mass is 10.0. The quantitative estimate of drug-likeness (QED) is 0.521. The van der Waals surface area contributed by atoms with Crippen molar-refractivity contribution >= 4 is 32.8 Å². The molecule has 1 heterocycles. The number of hydrogen-bond donors (Lipinski definition) is 0. The largest absolute Gasteiger partial charge is 0.497 e. The van der Waals surface area contributed by atoms with Gasteiger partial charge in [-0.3, -0.25) is 4.79 Å². The third-order valence-corrected chi connectivity index (χ3v) is 7.69. The zero-order chi connectivity index (χ0) is 23.4. The molecule has 3 aromatic rings. The van der Waals surface area contributed by atoms with Gasteiger partial charge in [0, 0.05) is 38.3 Å². The molecule has 0 unspecified atom stereocenters. The normalized spacial score (nSPS) is 15.2. The van der Waals surface area contributed by atoms with E-state index < -0.39 is 10.0 Å². The highest BCUT2D eigenvalue weighted by molar-refractivity contribution is 7.89. The third-order valence-electron chi connectivity index (χ3n) is 5.77. The first-order chi connectivity index (χ1) is 15.9. The maximum Gasteiger partial charge on any atom is 0.247 e. The molecule has 0 atom stereocenters. The molecule has 1 saturated heterocycles. The molecule has 0 radical (unpaired) electrons. The Morgan fingerprint density at radius 2 is 1.64 bits per heavy atom. The number of amides is 1. The smallest absolute Gasteiger partial charge is 0.247 e. The number of sulfonamides is 1. The molecule has 1 fully saturated rings. The van der Waals surface area contributed by atoms with Gasteiger partial charge in [0.1, 0.15) is 16.4 Å². The van der Waals surface area contributed by atoms with Gasteiger partial charge in [-0.05, 0) is 34.5 Å². The second-order valence-corrected chi connectivity index (χ2v) is 9.55. The molecule has 172 valence electrons. The topological polar surface area (TPSA) is 76.2 Å². The van der Waals surface area contributed by atoms with Gasteiger partial charge in [0.25, 0.3) is 0 Å². The maximum absolute atomic E-state index is 13.2. The first-order valence-electron chi connectivity index (χ1n) is 10.6. The van der Waals surface area contributed by atoms with Gasteiger partial charge in [0.15, 0.2) is 0 Å². The molecule has 1 aliphatic heterocycles. The van der Waals surface area contributed by atoms with E-state index in [0.717, 1.165) is 16.3 Å². The minimum absolute atomic E-state index is 0.0555. The average molecular weight is 467 g/mol. The number of hydrogen-bond acceptors (Lipinski definition) is 5. The van der Waals surface area contributed by atoms with E-state index in [4.69, 9.17) is 9.47 Å². The van der Waals surface area contributed by atoms with Crippen LogP contribution in [0.4, 0.5) is 0 Å². The zero-order valence-electron chi connectivity index (χ0n) is 18.6. The Bertz CT molecular complexity index is 1290. The molecule has 1 amide bonds. The van der Waals surface area contributed by atoms with Crippen LogP contribution in [-0.2, 0) is 14.8 Å². The summed E-state index contributed by atoms with van der Waals surface area (Å²) in [5.41, 5.74) is 0.966. The molecule has 4 rings (SSSR count). The highest BCUT2D eigenvalue weighted by atomic mass is 32.2. The lowest BCUT2D eigenvalue weighted by Crippen LogP contribution is -2.50. The predicted molar refractivity (Wildman–Crippen MR) is 128 cm³/mol. The molecule has 0 aromatic heterocycles. The third kappa shape index (κ3) is 4.72. The Labute approximate surface area is 193 Å². The monoisotopic (exact) mass is 466 g/mol. The van der Waals surface area contributed by atoms with Gasteiger partial charge >= 0.3 is 0 Å². The fourth-order valence-corrected chi connectivity index (χ4v) is 5.53. The van der Waals surface area contributed by atoms with Crippen molar-refractivity contribution in [3.63, 3.8) is 0 Å². The summed E-state index contributed by atoms with van der Waals surface area (Å²) in [6, 6.07) is 18.7. The van der Waals surface area contributed by atoms with Crippen LogP contribution in [0.25, 0.3) is 16.8 Å². The van der Waals surface area contributed by atoms with E-state index >= 15 is 0 Å². The first kappa shape index (κ1) is 22.8. The van der Waals surface area contributed by atoms with Crippen LogP contribution in [0.5, 0.6) is 11.5 Å². The fraction of sp³-hybridized carbons (Fsp3) is 0.240. The van der Waals surface area contributed by atoms with Gasteiger partial charge < -0.3 is 14.4 Å². The zero-order valence-corrected chi connectivity index (χ0v) is 19.4. The number of rotatable bonds is 6. The number of fused-ring (bicyclic) bond motifs is 1. The molecule has 0 spiro atoms. The number of piperazine rings is 1. The molecule has 0 N–H and O–H groups in total. The lowest BCUT2D eigenvalue weighted by molar-refractivity contribution is -0.127. The Balaban J connectivity index is 1.45. The van der Waals surface area contributed by atoms with Crippen molar-refractivity contribution in [2.24, 2.45) is 0 Å². The van der Waals surface area contributed by atoms with Gasteiger partial charge in [-0.1, -0.05) is 42.5 Å². The molecular weight excluding hydrogens is 440 g/mol. The first-order valence-corrected chi connectivity index (χ1v) is 12.0. The van der Waals surface area contributed by atoms with Crippen LogP contribution < -0.4 is 9.47 Å². The fourth-order valence-electron chi connectivity index (χ4n) is 3.94. The summed E-state index contributed by atoms with van der Waals surface area (Å²) in [7, 11) is -0.883. The van der Waals surface area contributed by atoms with Crippen LogP contribution in [0.3, 0.4) is 0 Å². The summed E-state index contributed by atoms with van der Waals surface area (Å²) < 4.78 is 38.2. The molecule has 33 heavy (non-hydrogen) atoms. The molecular formula is C25H26N2O5S. The van der Waals surface area contributed by atoms with E-state index in [1.54, 1.807) is 23.1 Å². The average Bonchev–Trinajstić information content (AvgIpc) is 2.86. The summed E-state index contributed by atoms with van der Waals surface area (Å²) in [5, 5.41) is 2.19. The van der Waals surface area contributed by atoms with Crippen LogP contribution in [0.1, 0.15) is 5.56 Å². The van der Waals surface area contributed by atoms with Gasteiger partial charge in [-0.2, -0.15) is 4.31 Å². The second-order valence-electron chi connectivity index (χ2n) is 7.65. The van der Waals surface area contributed by atoms with E-state index in [-0.39, 0.29) is 29.6 Å². The van der Waals surface area contributed by atoms with E-state index in [1.165, 1.54) is 24.6 Å². The summed E-state index contributed by atoms with van der Waals surface area (Å²) in [6.45, 7) is 1.03. The number of ether oxygens (including phenoxy) is 2. The van der Waals surface area contributed by atoms with Gasteiger partial charge in [-0.25, -0.2) is 8.42 Å². The highest BCUT2D eigenvalue weighted by Gasteiger charge is 2.32. The predicted octanol–water partition coefficient (Wildman–Crippen LogP) is 3.40. The summed E-state index contributed by atoms with van der Waals surface area (Å²) >= 11 is 0. The van der Waals surface area contributed by atoms with Gasteiger partial charge in [-0.15, -0.1) is 0 Å². The molecule has 0 bridgehead atoms. The number of carbonyl (C=O) groups is 1. The molecule has 0 aliphatic carbocycles. The molecule has 0 saturated carbocycles. The van der Waals surface area contributed by atoms with Crippen molar-refractivity contribution in [2.75, 3.05) is 40.4 Å². The van der Waals surface area contributed by atoms with E-state index in [9.17, 15) is 13.2 Å². The van der Waals surface area contributed by atoms with E-state index in [2.05, 4.69) is 0 Å². The van der Waals surface area contributed by atoms with E-state index in [0.29, 0.717) is 18.8 Å². The van der Waals surface area contributed by atoms with Crippen LogP contribution in [-0.4, -0.2) is 63.9 Å². The van der Waals surface area contributed by atoms with Crippen molar-refractivity contribution < 1.29 is 22.7 Å². The highest BCUT2D eigenvalue weighted by Crippen LogP contribution is 2.31. The Kier molecular flexibility index (Phi) is 6.67. The Hall–Kier alpha value is -3.36. The van der Waals surface area contributed by atoms with Crippen LogP contribution in [0.15, 0.2) is 71.6 Å². The van der Waals surface area contributed by atoms with Crippen molar-refractivity contribution in [1.29, 1.82) is 0 Å². The molecule has 1 aliphatic rings. The minimum atomic E-state index is -3.79. The lowest BCUT2D eigenvalue weighted by Gasteiger charge is -2.33. The summed E-state index contributed by atoms with van der Waals surface area (Å²) in [6.07, 6.45) is 3.37. The molecule has 7 nitrogen and oxygen atoms in total. The number of benzene rings is 3. The Morgan fingerprint density at radius 1 is 0.909 bits per heavy atom.